The Balaban J connectivity index is 1.58. The molecule has 8 nitrogen and oxygen atoms in total. The summed E-state index contributed by atoms with van der Waals surface area (Å²) in [5, 5.41) is 2.48. The molecule has 3 rings (SSSR count). The van der Waals surface area contributed by atoms with Crippen molar-refractivity contribution in [1.82, 2.24) is 5.32 Å². The molecule has 0 aromatic heterocycles. The SMILES string of the molecule is CNC(=O)C1CN(C(=O)COC(=O)COc2ccc(F)cc2)c2ccccc2O1. The molecule has 1 heterocycles. The average molecular weight is 402 g/mol. The molecule has 2 aromatic carbocycles. The molecule has 1 aliphatic rings. The van der Waals surface area contributed by atoms with Crippen molar-refractivity contribution in [1.29, 1.82) is 0 Å². The van der Waals surface area contributed by atoms with E-state index in [4.69, 9.17) is 14.2 Å². The quantitative estimate of drug-likeness (QED) is 0.732. The standard InChI is InChI=1S/C20H19FN2O6/c1-22-20(26)17-10-23(15-4-2-3-5-16(15)29-17)18(24)11-28-19(25)12-27-14-8-6-13(21)7-9-14/h2-9,17H,10-12H2,1H3,(H,22,26). The van der Waals surface area contributed by atoms with Gasteiger partial charge in [-0.3, -0.25) is 9.59 Å². The summed E-state index contributed by atoms with van der Waals surface area (Å²) < 4.78 is 28.6. The van der Waals surface area contributed by atoms with Gasteiger partial charge in [-0.25, -0.2) is 9.18 Å². The maximum absolute atomic E-state index is 12.9. The lowest BCUT2D eigenvalue weighted by atomic mass is 10.1. The predicted molar refractivity (Wildman–Crippen MR) is 100 cm³/mol. The summed E-state index contributed by atoms with van der Waals surface area (Å²) >= 11 is 0. The first-order valence-electron chi connectivity index (χ1n) is 8.79. The summed E-state index contributed by atoms with van der Waals surface area (Å²) in [6, 6.07) is 11.9. The molecule has 0 bridgehead atoms. The fourth-order valence-corrected chi connectivity index (χ4v) is 2.70. The molecule has 9 heteroatoms. The van der Waals surface area contributed by atoms with Crippen molar-refractivity contribution < 1.29 is 33.0 Å². The van der Waals surface area contributed by atoms with E-state index in [1.54, 1.807) is 24.3 Å². The van der Waals surface area contributed by atoms with Crippen LogP contribution in [0.5, 0.6) is 11.5 Å². The minimum Gasteiger partial charge on any atom is -0.482 e. The van der Waals surface area contributed by atoms with Gasteiger partial charge < -0.3 is 24.4 Å². The Bertz CT molecular complexity index is 902. The number of nitrogens with zero attached hydrogens (tertiary/aromatic N) is 1. The van der Waals surface area contributed by atoms with Crippen LogP contribution in [-0.2, 0) is 19.1 Å². The largest absolute Gasteiger partial charge is 0.482 e. The van der Waals surface area contributed by atoms with Crippen molar-refractivity contribution in [2.45, 2.75) is 6.10 Å². The van der Waals surface area contributed by atoms with Crippen molar-refractivity contribution in [3.05, 3.63) is 54.3 Å². The van der Waals surface area contributed by atoms with E-state index in [1.165, 1.54) is 36.2 Å². The number of halogens is 1. The summed E-state index contributed by atoms with van der Waals surface area (Å²) in [7, 11) is 1.47. The van der Waals surface area contributed by atoms with Crippen molar-refractivity contribution in [2.24, 2.45) is 0 Å². The second kappa shape index (κ2) is 9.05. The van der Waals surface area contributed by atoms with Crippen LogP contribution in [-0.4, -0.2) is 50.7 Å². The van der Waals surface area contributed by atoms with Crippen molar-refractivity contribution >= 4 is 23.5 Å². The number of para-hydroxylation sites is 2. The first-order chi connectivity index (χ1) is 14.0. The van der Waals surface area contributed by atoms with Gasteiger partial charge >= 0.3 is 5.97 Å². The first kappa shape index (κ1) is 20.1. The highest BCUT2D eigenvalue weighted by Gasteiger charge is 2.33. The Labute approximate surface area is 166 Å². The Kier molecular flexibility index (Phi) is 6.28. The van der Waals surface area contributed by atoms with Gasteiger partial charge in [-0.1, -0.05) is 12.1 Å². The second-order valence-electron chi connectivity index (χ2n) is 6.10. The van der Waals surface area contributed by atoms with Gasteiger partial charge in [-0.2, -0.15) is 0 Å². The third-order valence-corrected chi connectivity index (χ3v) is 4.14. The normalized spacial score (nSPS) is 15.0. The van der Waals surface area contributed by atoms with Crippen LogP contribution in [0.15, 0.2) is 48.5 Å². The van der Waals surface area contributed by atoms with Crippen LogP contribution in [0, 0.1) is 5.82 Å². The van der Waals surface area contributed by atoms with Crippen LogP contribution in [0.1, 0.15) is 0 Å². The summed E-state index contributed by atoms with van der Waals surface area (Å²) in [5.74, 6) is -1.39. The van der Waals surface area contributed by atoms with E-state index in [0.29, 0.717) is 17.2 Å². The van der Waals surface area contributed by atoms with Gasteiger partial charge in [0.1, 0.15) is 17.3 Å². The molecule has 0 radical (unpaired) electrons. The van der Waals surface area contributed by atoms with E-state index in [9.17, 15) is 18.8 Å². The number of esters is 1. The van der Waals surface area contributed by atoms with Gasteiger partial charge in [0.2, 0.25) is 0 Å². The van der Waals surface area contributed by atoms with Crippen LogP contribution < -0.4 is 19.7 Å². The number of rotatable bonds is 6. The fraction of sp³-hybridized carbons (Fsp3) is 0.250. The monoisotopic (exact) mass is 402 g/mol. The summed E-state index contributed by atoms with van der Waals surface area (Å²) in [4.78, 5) is 37.8. The first-order valence-corrected chi connectivity index (χ1v) is 8.79. The minimum atomic E-state index is -0.878. The van der Waals surface area contributed by atoms with E-state index in [2.05, 4.69) is 5.32 Å². The molecule has 1 aliphatic heterocycles. The van der Waals surface area contributed by atoms with Gasteiger partial charge in [-0.15, -0.1) is 0 Å². The molecular formula is C20H19FN2O6. The number of nitrogens with one attached hydrogen (secondary N) is 1. The lowest BCUT2D eigenvalue weighted by Gasteiger charge is -2.33. The average Bonchev–Trinajstić information content (AvgIpc) is 2.75. The number of amides is 2. The number of hydrogen-bond donors (Lipinski definition) is 1. The Morgan fingerprint density at radius 3 is 2.59 bits per heavy atom. The predicted octanol–water partition coefficient (Wildman–Crippen LogP) is 1.29. The molecule has 1 atom stereocenters. The molecule has 29 heavy (non-hydrogen) atoms. The van der Waals surface area contributed by atoms with Gasteiger partial charge in [0.15, 0.2) is 19.3 Å². The molecule has 0 aliphatic carbocycles. The van der Waals surface area contributed by atoms with Crippen molar-refractivity contribution in [2.75, 3.05) is 31.7 Å². The molecule has 1 N–H and O–H groups in total. The number of benzene rings is 2. The number of hydrogen-bond acceptors (Lipinski definition) is 6. The maximum Gasteiger partial charge on any atom is 0.344 e. The van der Waals surface area contributed by atoms with Crippen molar-refractivity contribution in [3.63, 3.8) is 0 Å². The van der Waals surface area contributed by atoms with Crippen LogP contribution >= 0.6 is 0 Å². The Morgan fingerprint density at radius 1 is 1.14 bits per heavy atom. The zero-order valence-electron chi connectivity index (χ0n) is 15.6. The molecule has 0 saturated carbocycles. The number of likely N-dealkylation sites (N-methyl/N-ethyl adjacent to an activating group) is 1. The molecule has 152 valence electrons. The zero-order chi connectivity index (χ0) is 20.8. The van der Waals surface area contributed by atoms with Crippen LogP contribution in [0.2, 0.25) is 0 Å². The lowest BCUT2D eigenvalue weighted by molar-refractivity contribution is -0.150. The lowest BCUT2D eigenvalue weighted by Crippen LogP contribution is -2.51. The molecule has 0 fully saturated rings. The summed E-state index contributed by atoms with van der Waals surface area (Å²) in [6.07, 6.45) is -0.878. The number of anilines is 1. The number of fused-ring (bicyclic) bond motifs is 1. The zero-order valence-corrected chi connectivity index (χ0v) is 15.6. The third-order valence-electron chi connectivity index (χ3n) is 4.14. The summed E-state index contributed by atoms with van der Waals surface area (Å²) in [6.45, 7) is -0.973. The highest BCUT2D eigenvalue weighted by molar-refractivity contribution is 5.98. The van der Waals surface area contributed by atoms with Crippen molar-refractivity contribution in [3.8, 4) is 11.5 Å². The minimum absolute atomic E-state index is 0.0147. The number of carbonyl (C=O) groups is 3. The number of ether oxygens (including phenoxy) is 3. The molecule has 2 aromatic rings. The molecule has 0 spiro atoms. The molecule has 2 amide bonds. The molecule has 0 saturated heterocycles. The van der Waals surface area contributed by atoms with Crippen LogP contribution in [0.3, 0.4) is 0 Å². The molecular weight excluding hydrogens is 383 g/mol. The maximum atomic E-state index is 12.9. The smallest absolute Gasteiger partial charge is 0.344 e. The van der Waals surface area contributed by atoms with E-state index in [-0.39, 0.29) is 12.5 Å². The number of carbonyl (C=O) groups excluding carboxylic acids is 3. The van der Waals surface area contributed by atoms with E-state index < -0.39 is 37.0 Å². The fourth-order valence-electron chi connectivity index (χ4n) is 2.70. The molecule has 1 unspecified atom stereocenters. The third kappa shape index (κ3) is 5.01. The van der Waals surface area contributed by atoms with E-state index in [0.717, 1.165) is 0 Å². The van der Waals surface area contributed by atoms with Gasteiger partial charge in [0, 0.05) is 7.05 Å². The van der Waals surface area contributed by atoms with E-state index in [1.807, 2.05) is 0 Å². The second-order valence-corrected chi connectivity index (χ2v) is 6.10. The highest BCUT2D eigenvalue weighted by atomic mass is 19.1. The van der Waals surface area contributed by atoms with Crippen LogP contribution in [0.4, 0.5) is 10.1 Å². The highest BCUT2D eigenvalue weighted by Crippen LogP contribution is 2.33. The van der Waals surface area contributed by atoms with Gasteiger partial charge in [-0.05, 0) is 36.4 Å². The van der Waals surface area contributed by atoms with E-state index >= 15 is 0 Å². The Morgan fingerprint density at radius 2 is 1.86 bits per heavy atom. The Hall–Kier alpha value is -3.62. The van der Waals surface area contributed by atoms with Crippen LogP contribution in [0.25, 0.3) is 0 Å². The topological polar surface area (TPSA) is 94.2 Å². The summed E-state index contributed by atoms with van der Waals surface area (Å²) in [5.41, 5.74) is 0.483. The van der Waals surface area contributed by atoms with Gasteiger partial charge in [0.25, 0.3) is 11.8 Å². The van der Waals surface area contributed by atoms with Gasteiger partial charge in [0.05, 0.1) is 12.2 Å².